The zero-order valence-electron chi connectivity index (χ0n) is 10.7. The molecule has 1 aromatic heterocycles. The lowest BCUT2D eigenvalue weighted by Gasteiger charge is -2.11. The van der Waals surface area contributed by atoms with Gasteiger partial charge in [0.2, 0.25) is 0 Å². The summed E-state index contributed by atoms with van der Waals surface area (Å²) in [6, 6.07) is 11.1. The molecular weight excluding hydrogens is 276 g/mol. The molecule has 1 unspecified atom stereocenters. The fourth-order valence-electron chi connectivity index (χ4n) is 2.19. The standard InChI is InChI=1S/C15H13ClN2O2/c16-11-5-6-17-13(8-11)15(19)18-9-12-7-10-3-1-2-4-14(10)20-12/h1-6,8,12H,7,9H2,(H,18,19). The normalized spacial score (nSPS) is 16.4. The average Bonchev–Trinajstić information content (AvgIpc) is 2.87. The number of hydrogen-bond donors (Lipinski definition) is 1. The van der Waals surface area contributed by atoms with E-state index in [9.17, 15) is 4.79 Å². The maximum atomic E-state index is 11.9. The summed E-state index contributed by atoms with van der Waals surface area (Å²) in [7, 11) is 0. The molecule has 0 saturated heterocycles. The van der Waals surface area contributed by atoms with Crippen LogP contribution in [0.3, 0.4) is 0 Å². The Balaban J connectivity index is 1.58. The minimum Gasteiger partial charge on any atom is -0.488 e. The maximum Gasteiger partial charge on any atom is 0.270 e. The number of halogens is 1. The lowest BCUT2D eigenvalue weighted by molar-refractivity contribution is 0.0928. The Morgan fingerprint density at radius 1 is 1.40 bits per heavy atom. The number of carbonyl (C=O) groups is 1. The van der Waals surface area contributed by atoms with Crippen LogP contribution in [0.4, 0.5) is 0 Å². The summed E-state index contributed by atoms with van der Waals surface area (Å²) in [4.78, 5) is 15.9. The third kappa shape index (κ3) is 2.75. The SMILES string of the molecule is O=C(NCC1Cc2ccccc2O1)c1cc(Cl)ccn1. The quantitative estimate of drug-likeness (QED) is 0.944. The lowest BCUT2D eigenvalue weighted by atomic mass is 10.1. The first-order valence-corrected chi connectivity index (χ1v) is 6.74. The summed E-state index contributed by atoms with van der Waals surface area (Å²) in [5, 5.41) is 3.31. The van der Waals surface area contributed by atoms with Crippen LogP contribution in [-0.2, 0) is 6.42 Å². The number of carbonyl (C=O) groups excluding carboxylic acids is 1. The van der Waals surface area contributed by atoms with Gasteiger partial charge < -0.3 is 10.1 Å². The van der Waals surface area contributed by atoms with Crippen molar-refractivity contribution in [3.8, 4) is 5.75 Å². The van der Waals surface area contributed by atoms with E-state index in [-0.39, 0.29) is 12.0 Å². The molecular formula is C15H13ClN2O2. The first kappa shape index (κ1) is 12.9. The third-order valence-corrected chi connectivity index (χ3v) is 3.39. The van der Waals surface area contributed by atoms with Gasteiger partial charge in [0.25, 0.3) is 5.91 Å². The second kappa shape index (κ2) is 5.51. The predicted molar refractivity (Wildman–Crippen MR) is 76.1 cm³/mol. The number of fused-ring (bicyclic) bond motifs is 1. The Labute approximate surface area is 121 Å². The van der Waals surface area contributed by atoms with Gasteiger partial charge in [-0.25, -0.2) is 0 Å². The molecule has 2 aromatic rings. The van der Waals surface area contributed by atoms with E-state index in [1.54, 1.807) is 12.1 Å². The fourth-order valence-corrected chi connectivity index (χ4v) is 2.35. The Hall–Kier alpha value is -2.07. The molecule has 4 nitrogen and oxygen atoms in total. The molecule has 2 heterocycles. The average molecular weight is 289 g/mol. The van der Waals surface area contributed by atoms with Gasteiger partial charge in [-0.3, -0.25) is 9.78 Å². The van der Waals surface area contributed by atoms with Crippen LogP contribution in [-0.4, -0.2) is 23.5 Å². The molecule has 102 valence electrons. The highest BCUT2D eigenvalue weighted by Crippen LogP contribution is 2.27. The molecule has 0 spiro atoms. The van der Waals surface area contributed by atoms with Crippen molar-refractivity contribution in [3.63, 3.8) is 0 Å². The first-order chi connectivity index (χ1) is 9.72. The van der Waals surface area contributed by atoms with E-state index >= 15 is 0 Å². The van der Waals surface area contributed by atoms with Crippen LogP contribution >= 0.6 is 11.6 Å². The van der Waals surface area contributed by atoms with Crippen molar-refractivity contribution in [2.45, 2.75) is 12.5 Å². The van der Waals surface area contributed by atoms with Crippen LogP contribution in [0, 0.1) is 0 Å². The molecule has 1 aliphatic rings. The van der Waals surface area contributed by atoms with Crippen molar-refractivity contribution >= 4 is 17.5 Å². The van der Waals surface area contributed by atoms with Crippen molar-refractivity contribution in [2.75, 3.05) is 6.54 Å². The Morgan fingerprint density at radius 2 is 2.25 bits per heavy atom. The third-order valence-electron chi connectivity index (χ3n) is 3.16. The van der Waals surface area contributed by atoms with Gasteiger partial charge in [0, 0.05) is 17.6 Å². The number of nitrogens with zero attached hydrogens (tertiary/aromatic N) is 1. The van der Waals surface area contributed by atoms with Gasteiger partial charge in [-0.05, 0) is 23.8 Å². The van der Waals surface area contributed by atoms with Gasteiger partial charge in [-0.1, -0.05) is 29.8 Å². The van der Waals surface area contributed by atoms with Gasteiger partial charge in [0.05, 0.1) is 6.54 Å². The molecule has 0 saturated carbocycles. The topological polar surface area (TPSA) is 51.2 Å². The highest BCUT2D eigenvalue weighted by Gasteiger charge is 2.22. The summed E-state index contributed by atoms with van der Waals surface area (Å²) in [5.74, 6) is 0.652. The van der Waals surface area contributed by atoms with Crippen LogP contribution < -0.4 is 10.1 Å². The molecule has 0 bridgehead atoms. The zero-order valence-corrected chi connectivity index (χ0v) is 11.4. The zero-order chi connectivity index (χ0) is 13.9. The molecule has 1 N–H and O–H groups in total. The Morgan fingerprint density at radius 3 is 3.05 bits per heavy atom. The molecule has 0 fully saturated rings. The van der Waals surface area contributed by atoms with E-state index in [2.05, 4.69) is 10.3 Å². The van der Waals surface area contributed by atoms with Gasteiger partial charge in [-0.15, -0.1) is 0 Å². The van der Waals surface area contributed by atoms with Gasteiger partial charge in [0.1, 0.15) is 17.5 Å². The molecule has 0 radical (unpaired) electrons. The number of benzene rings is 1. The number of aromatic nitrogens is 1. The highest BCUT2D eigenvalue weighted by molar-refractivity contribution is 6.30. The minimum absolute atomic E-state index is 0.0319. The minimum atomic E-state index is -0.243. The summed E-state index contributed by atoms with van der Waals surface area (Å²) in [5.41, 5.74) is 1.49. The highest BCUT2D eigenvalue weighted by atomic mass is 35.5. The van der Waals surface area contributed by atoms with E-state index in [0.29, 0.717) is 17.3 Å². The van der Waals surface area contributed by atoms with E-state index in [1.807, 2.05) is 24.3 Å². The fraction of sp³-hybridized carbons (Fsp3) is 0.200. The van der Waals surface area contributed by atoms with Crippen LogP contribution in [0.15, 0.2) is 42.6 Å². The predicted octanol–water partition coefficient (Wildman–Crippen LogP) is 2.47. The van der Waals surface area contributed by atoms with Crippen LogP contribution in [0.25, 0.3) is 0 Å². The van der Waals surface area contributed by atoms with E-state index in [4.69, 9.17) is 16.3 Å². The number of para-hydroxylation sites is 1. The van der Waals surface area contributed by atoms with Crippen LogP contribution in [0.5, 0.6) is 5.75 Å². The molecule has 1 aromatic carbocycles. The number of hydrogen-bond acceptors (Lipinski definition) is 3. The number of pyridine rings is 1. The van der Waals surface area contributed by atoms with Gasteiger partial charge in [0.15, 0.2) is 0 Å². The first-order valence-electron chi connectivity index (χ1n) is 6.37. The Kier molecular flexibility index (Phi) is 3.56. The van der Waals surface area contributed by atoms with Crippen molar-refractivity contribution in [1.82, 2.24) is 10.3 Å². The summed E-state index contributed by atoms with van der Waals surface area (Å²) < 4.78 is 5.76. The van der Waals surface area contributed by atoms with Crippen molar-refractivity contribution in [2.24, 2.45) is 0 Å². The summed E-state index contributed by atoms with van der Waals surface area (Å²) >= 11 is 5.83. The van der Waals surface area contributed by atoms with Crippen LogP contribution in [0.2, 0.25) is 5.02 Å². The molecule has 1 aliphatic heterocycles. The molecule has 1 amide bonds. The van der Waals surface area contributed by atoms with E-state index in [1.165, 1.54) is 11.8 Å². The Bertz CT molecular complexity index is 620. The van der Waals surface area contributed by atoms with Gasteiger partial charge in [-0.2, -0.15) is 0 Å². The number of nitrogens with one attached hydrogen (secondary N) is 1. The number of amides is 1. The monoisotopic (exact) mass is 288 g/mol. The van der Waals surface area contributed by atoms with Crippen LogP contribution in [0.1, 0.15) is 16.1 Å². The van der Waals surface area contributed by atoms with Crippen molar-refractivity contribution in [3.05, 3.63) is 58.9 Å². The second-order valence-electron chi connectivity index (χ2n) is 4.62. The second-order valence-corrected chi connectivity index (χ2v) is 5.06. The van der Waals surface area contributed by atoms with E-state index < -0.39 is 0 Å². The van der Waals surface area contributed by atoms with Crippen molar-refractivity contribution < 1.29 is 9.53 Å². The summed E-state index contributed by atoms with van der Waals surface area (Å²) in [6.07, 6.45) is 2.29. The number of ether oxygens (including phenoxy) is 1. The molecule has 1 atom stereocenters. The van der Waals surface area contributed by atoms with Gasteiger partial charge >= 0.3 is 0 Å². The maximum absolute atomic E-state index is 11.9. The van der Waals surface area contributed by atoms with Crippen molar-refractivity contribution in [1.29, 1.82) is 0 Å². The number of rotatable bonds is 3. The molecule has 3 rings (SSSR count). The molecule has 20 heavy (non-hydrogen) atoms. The molecule has 0 aliphatic carbocycles. The lowest BCUT2D eigenvalue weighted by Crippen LogP contribution is -2.34. The smallest absolute Gasteiger partial charge is 0.270 e. The molecule has 5 heteroatoms. The largest absolute Gasteiger partial charge is 0.488 e. The summed E-state index contributed by atoms with van der Waals surface area (Å²) in [6.45, 7) is 0.446. The van der Waals surface area contributed by atoms with E-state index in [0.717, 1.165) is 12.2 Å².